The molecule has 32 heavy (non-hydrogen) atoms. The second-order valence-electron chi connectivity index (χ2n) is 7.30. The second kappa shape index (κ2) is 9.97. The van der Waals surface area contributed by atoms with Crippen molar-refractivity contribution in [3.63, 3.8) is 0 Å². The van der Waals surface area contributed by atoms with Gasteiger partial charge in [0.2, 0.25) is 5.91 Å². The molecule has 0 bridgehead atoms. The molecule has 0 fully saturated rings. The summed E-state index contributed by atoms with van der Waals surface area (Å²) in [4.78, 5) is 16.9. The molecule has 2 heterocycles. The number of hydrogen-bond donors (Lipinski definition) is 1. The maximum absolute atomic E-state index is 12.4. The van der Waals surface area contributed by atoms with Crippen molar-refractivity contribution in [1.29, 1.82) is 0 Å². The quantitative estimate of drug-likeness (QED) is 0.374. The van der Waals surface area contributed by atoms with Gasteiger partial charge in [-0.1, -0.05) is 53.7 Å². The van der Waals surface area contributed by atoms with Gasteiger partial charge in [0.25, 0.3) is 0 Å². The van der Waals surface area contributed by atoms with Gasteiger partial charge in [-0.15, -0.1) is 21.5 Å². The molecule has 9 heteroatoms. The van der Waals surface area contributed by atoms with Crippen molar-refractivity contribution in [2.75, 3.05) is 11.1 Å². The van der Waals surface area contributed by atoms with E-state index in [4.69, 9.17) is 4.74 Å². The number of anilines is 1. The summed E-state index contributed by atoms with van der Waals surface area (Å²) in [6, 6.07) is 16.0. The minimum atomic E-state index is -0.139. The molecule has 0 atom stereocenters. The first-order valence-electron chi connectivity index (χ1n) is 10.0. The number of thioether (sulfide) groups is 1. The molecule has 0 spiro atoms. The van der Waals surface area contributed by atoms with Crippen LogP contribution in [-0.2, 0) is 18.4 Å². The topological polar surface area (TPSA) is 81.9 Å². The van der Waals surface area contributed by atoms with Crippen molar-refractivity contribution in [3.05, 3.63) is 70.9 Å². The average Bonchev–Trinajstić information content (AvgIpc) is 3.38. The molecule has 4 rings (SSSR count). The zero-order chi connectivity index (χ0) is 22.5. The van der Waals surface area contributed by atoms with Gasteiger partial charge >= 0.3 is 0 Å². The maximum Gasteiger partial charge on any atom is 0.236 e. The Bertz CT molecular complexity index is 1220. The average molecular weight is 466 g/mol. The molecule has 2 aromatic heterocycles. The van der Waals surface area contributed by atoms with Crippen LogP contribution in [0.5, 0.6) is 5.75 Å². The molecule has 0 aliphatic heterocycles. The van der Waals surface area contributed by atoms with Crippen molar-refractivity contribution in [2.45, 2.75) is 25.6 Å². The van der Waals surface area contributed by atoms with Crippen LogP contribution in [0.1, 0.15) is 17.0 Å². The van der Waals surface area contributed by atoms with Gasteiger partial charge < -0.3 is 14.6 Å². The molecule has 0 aliphatic carbocycles. The number of amides is 1. The summed E-state index contributed by atoms with van der Waals surface area (Å²) in [5.74, 6) is 1.55. The fourth-order valence-corrected chi connectivity index (χ4v) is 4.39. The van der Waals surface area contributed by atoms with Gasteiger partial charge in [0.05, 0.1) is 11.4 Å². The monoisotopic (exact) mass is 465 g/mol. The molecular formula is C23H23N5O2S2. The molecule has 2 aromatic carbocycles. The van der Waals surface area contributed by atoms with Crippen LogP contribution in [0.3, 0.4) is 0 Å². The minimum absolute atomic E-state index is 0.139. The number of thiazole rings is 1. The highest BCUT2D eigenvalue weighted by Crippen LogP contribution is 2.25. The first-order valence-corrected chi connectivity index (χ1v) is 11.9. The number of nitrogens with zero attached hydrogens (tertiary/aromatic N) is 4. The lowest BCUT2D eigenvalue weighted by Gasteiger charge is -2.07. The summed E-state index contributed by atoms with van der Waals surface area (Å²) in [5, 5.41) is 14.4. The number of carbonyl (C=O) groups is 1. The predicted molar refractivity (Wildman–Crippen MR) is 128 cm³/mol. The van der Waals surface area contributed by atoms with E-state index < -0.39 is 0 Å². The summed E-state index contributed by atoms with van der Waals surface area (Å²) in [7, 11) is 1.86. The van der Waals surface area contributed by atoms with Crippen molar-refractivity contribution in [2.24, 2.45) is 7.05 Å². The van der Waals surface area contributed by atoms with Crippen LogP contribution in [0.2, 0.25) is 0 Å². The highest BCUT2D eigenvalue weighted by molar-refractivity contribution is 7.99. The van der Waals surface area contributed by atoms with Gasteiger partial charge in [0.1, 0.15) is 12.4 Å². The lowest BCUT2D eigenvalue weighted by molar-refractivity contribution is -0.113. The van der Waals surface area contributed by atoms with E-state index in [2.05, 4.69) is 20.5 Å². The first-order chi connectivity index (χ1) is 15.5. The largest absolute Gasteiger partial charge is 0.486 e. The second-order valence-corrected chi connectivity index (χ2v) is 9.10. The third-order valence-electron chi connectivity index (χ3n) is 4.71. The van der Waals surface area contributed by atoms with E-state index in [1.807, 2.05) is 79.4 Å². The summed E-state index contributed by atoms with van der Waals surface area (Å²) in [6.07, 6.45) is 0. The summed E-state index contributed by atoms with van der Waals surface area (Å²) in [6.45, 7) is 4.37. The number of rotatable bonds is 8. The van der Waals surface area contributed by atoms with Crippen LogP contribution in [0, 0.1) is 13.8 Å². The van der Waals surface area contributed by atoms with Crippen LogP contribution < -0.4 is 10.1 Å². The molecule has 0 saturated carbocycles. The van der Waals surface area contributed by atoms with E-state index in [9.17, 15) is 4.79 Å². The zero-order valence-corrected chi connectivity index (χ0v) is 19.7. The van der Waals surface area contributed by atoms with E-state index >= 15 is 0 Å². The summed E-state index contributed by atoms with van der Waals surface area (Å²) < 4.78 is 7.64. The Kier molecular flexibility index (Phi) is 6.87. The highest BCUT2D eigenvalue weighted by atomic mass is 32.2. The van der Waals surface area contributed by atoms with E-state index in [0.717, 1.165) is 22.6 Å². The lowest BCUT2D eigenvalue weighted by Crippen LogP contribution is -2.14. The Morgan fingerprint density at radius 2 is 1.94 bits per heavy atom. The molecule has 1 N–H and O–H groups in total. The first kappa shape index (κ1) is 22.0. The Morgan fingerprint density at radius 1 is 1.12 bits per heavy atom. The number of benzene rings is 2. The van der Waals surface area contributed by atoms with Gasteiger partial charge in [0.15, 0.2) is 16.1 Å². The van der Waals surface area contributed by atoms with Gasteiger partial charge in [-0.05, 0) is 31.5 Å². The van der Waals surface area contributed by atoms with Crippen molar-refractivity contribution < 1.29 is 9.53 Å². The minimum Gasteiger partial charge on any atom is -0.486 e. The number of aryl methyl sites for hydroxylation is 2. The normalized spacial score (nSPS) is 10.8. The summed E-state index contributed by atoms with van der Waals surface area (Å²) >= 11 is 2.73. The van der Waals surface area contributed by atoms with Gasteiger partial charge in [-0.25, -0.2) is 4.98 Å². The molecular weight excluding hydrogens is 442 g/mol. The number of hydrogen-bond acceptors (Lipinski definition) is 7. The van der Waals surface area contributed by atoms with E-state index in [0.29, 0.717) is 22.7 Å². The molecule has 4 aromatic rings. The van der Waals surface area contributed by atoms with Gasteiger partial charge in [-0.3, -0.25) is 4.79 Å². The van der Waals surface area contributed by atoms with E-state index in [1.165, 1.54) is 28.7 Å². The molecule has 0 unspecified atom stereocenters. The van der Waals surface area contributed by atoms with Crippen LogP contribution in [0.4, 0.5) is 5.13 Å². The Morgan fingerprint density at radius 3 is 2.72 bits per heavy atom. The predicted octanol–water partition coefficient (Wildman–Crippen LogP) is 4.87. The smallest absolute Gasteiger partial charge is 0.236 e. The Balaban J connectivity index is 1.29. The molecule has 7 nitrogen and oxygen atoms in total. The molecule has 164 valence electrons. The Labute approximate surface area is 194 Å². The Hall–Kier alpha value is -3.17. The molecule has 0 radical (unpaired) electrons. The van der Waals surface area contributed by atoms with Gasteiger partial charge in [0, 0.05) is 18.0 Å². The fraction of sp³-hybridized carbons (Fsp3) is 0.217. The number of carbonyl (C=O) groups excluding carboxylic acids is 1. The van der Waals surface area contributed by atoms with Crippen LogP contribution in [0.15, 0.2) is 59.1 Å². The molecule has 0 aliphatic rings. The molecule has 0 saturated heterocycles. The number of aromatic nitrogens is 4. The number of nitrogens with one attached hydrogen (secondary N) is 1. The third-order valence-corrected chi connectivity index (χ3v) is 6.49. The lowest BCUT2D eigenvalue weighted by atomic mass is 10.1. The third kappa shape index (κ3) is 5.54. The van der Waals surface area contributed by atoms with Gasteiger partial charge in [-0.2, -0.15) is 0 Å². The van der Waals surface area contributed by atoms with Crippen molar-refractivity contribution in [3.8, 4) is 17.0 Å². The van der Waals surface area contributed by atoms with Crippen molar-refractivity contribution >= 4 is 34.1 Å². The van der Waals surface area contributed by atoms with Crippen LogP contribution >= 0.6 is 23.1 Å². The SMILES string of the molecule is Cc1ccc(-c2csc(NC(=O)CSc3nnc(COc4cccc(C)c4)n3C)n2)cc1. The van der Waals surface area contributed by atoms with Crippen LogP contribution in [0.25, 0.3) is 11.3 Å². The molecule has 1 amide bonds. The summed E-state index contributed by atoms with van der Waals surface area (Å²) in [5.41, 5.74) is 4.21. The zero-order valence-electron chi connectivity index (χ0n) is 18.0. The van der Waals surface area contributed by atoms with Crippen molar-refractivity contribution in [1.82, 2.24) is 19.7 Å². The van der Waals surface area contributed by atoms with Crippen LogP contribution in [-0.4, -0.2) is 31.4 Å². The highest BCUT2D eigenvalue weighted by Gasteiger charge is 2.13. The number of ether oxygens (including phenoxy) is 1. The van der Waals surface area contributed by atoms with E-state index in [1.54, 1.807) is 0 Å². The standard InChI is InChI=1S/C23H23N5O2S2/c1-15-7-9-17(10-8-15)19-13-31-22(24-19)25-21(29)14-32-23-27-26-20(28(23)3)12-30-18-6-4-5-16(2)11-18/h4-11,13H,12,14H2,1-3H3,(H,24,25,29). The maximum atomic E-state index is 12.4. The van der Waals surface area contributed by atoms with E-state index in [-0.39, 0.29) is 11.7 Å². The fourth-order valence-electron chi connectivity index (χ4n) is 2.92.